The van der Waals surface area contributed by atoms with Crippen LogP contribution in [0.4, 0.5) is 20.3 Å². The molecule has 3 aromatic heterocycles. The van der Waals surface area contributed by atoms with Crippen LogP contribution in [-0.4, -0.2) is 54.6 Å². The largest absolute Gasteiger partial charge is 0.389 e. The monoisotopic (exact) mass is 459 g/mol. The molecule has 11 heteroatoms. The zero-order valence-corrected chi connectivity index (χ0v) is 18.4. The minimum Gasteiger partial charge on any atom is -0.389 e. The van der Waals surface area contributed by atoms with E-state index in [4.69, 9.17) is 0 Å². The molecule has 1 aliphatic heterocycles. The number of halogens is 2. The predicted octanol–water partition coefficient (Wildman–Crippen LogP) is 3.44. The lowest BCUT2D eigenvalue weighted by atomic mass is 9.85. The number of aliphatic hydroxyl groups is 1. The average molecular weight is 460 g/mol. The van der Waals surface area contributed by atoms with Gasteiger partial charge in [-0.1, -0.05) is 13.3 Å². The second-order valence-electron chi connectivity index (χ2n) is 8.92. The van der Waals surface area contributed by atoms with Crippen molar-refractivity contribution in [2.45, 2.75) is 57.6 Å². The molecule has 0 radical (unpaired) electrons. The van der Waals surface area contributed by atoms with Crippen LogP contribution in [0.25, 0.3) is 5.65 Å². The molecule has 1 aliphatic carbocycles. The molecule has 1 saturated heterocycles. The van der Waals surface area contributed by atoms with Gasteiger partial charge in [0.25, 0.3) is 12.3 Å². The number of hydrogen-bond acceptors (Lipinski definition) is 6. The maximum absolute atomic E-state index is 13.7. The van der Waals surface area contributed by atoms with E-state index in [0.717, 1.165) is 32.1 Å². The van der Waals surface area contributed by atoms with Gasteiger partial charge in [-0.3, -0.25) is 9.48 Å². The van der Waals surface area contributed by atoms with Crippen molar-refractivity contribution < 1.29 is 18.7 Å². The first-order valence-corrected chi connectivity index (χ1v) is 11.4. The van der Waals surface area contributed by atoms with Gasteiger partial charge in [-0.05, 0) is 37.7 Å². The van der Waals surface area contributed by atoms with Gasteiger partial charge in [0.15, 0.2) is 11.3 Å². The van der Waals surface area contributed by atoms with Crippen LogP contribution in [0, 0.1) is 5.92 Å². The van der Waals surface area contributed by atoms with Crippen molar-refractivity contribution >= 4 is 23.1 Å². The van der Waals surface area contributed by atoms with Crippen molar-refractivity contribution in [1.29, 1.82) is 0 Å². The molecular formula is C22H27F2N7O2. The Labute approximate surface area is 189 Å². The number of β-amino-alcohol motifs (C(OH)–C–C–N with tert-alkyl or cyclic N) is 1. The number of nitrogens with zero attached hydrogens (tertiary/aromatic N) is 6. The topological polar surface area (TPSA) is 101 Å². The van der Waals surface area contributed by atoms with E-state index in [9.17, 15) is 18.7 Å². The van der Waals surface area contributed by atoms with Gasteiger partial charge in [0.05, 0.1) is 24.0 Å². The summed E-state index contributed by atoms with van der Waals surface area (Å²) in [6.07, 6.45) is 6.38. The molecule has 0 bridgehead atoms. The number of aliphatic hydroxyl groups excluding tert-OH is 1. The quantitative estimate of drug-likeness (QED) is 0.586. The van der Waals surface area contributed by atoms with Gasteiger partial charge in [-0.2, -0.15) is 10.2 Å². The Morgan fingerprint density at radius 2 is 2.03 bits per heavy atom. The first-order chi connectivity index (χ1) is 15.9. The van der Waals surface area contributed by atoms with Crippen molar-refractivity contribution in [3.8, 4) is 0 Å². The zero-order chi connectivity index (χ0) is 23.1. The fourth-order valence-corrected chi connectivity index (χ4v) is 4.70. The number of carbonyl (C=O) groups is 1. The van der Waals surface area contributed by atoms with Crippen LogP contribution in [0.5, 0.6) is 0 Å². The molecule has 33 heavy (non-hydrogen) atoms. The molecule has 0 unspecified atom stereocenters. The summed E-state index contributed by atoms with van der Waals surface area (Å²) in [5, 5.41) is 20.4. The molecule has 0 atom stereocenters. The standard InChI is InChI=1S/C22H27F2N7O2/c1-2-13-3-5-14(6-4-13)31-12-17(19(28-31)20(23)24)26-22(33)16-9-25-30-8-7-18(27-21(16)30)29-10-15(32)11-29/h7-9,12-15,20,32H,2-6,10-11H2,1H3,(H,26,33)/t13-,14-. The van der Waals surface area contributed by atoms with E-state index < -0.39 is 24.1 Å². The summed E-state index contributed by atoms with van der Waals surface area (Å²) < 4.78 is 30.5. The van der Waals surface area contributed by atoms with Crippen LogP contribution in [0.2, 0.25) is 0 Å². The average Bonchev–Trinajstić information content (AvgIpc) is 3.41. The lowest BCUT2D eigenvalue weighted by Crippen LogP contribution is -2.51. The molecule has 9 nitrogen and oxygen atoms in total. The molecule has 1 amide bonds. The fraction of sp³-hybridized carbons (Fsp3) is 0.545. The molecule has 176 valence electrons. The first kappa shape index (κ1) is 21.7. The highest BCUT2D eigenvalue weighted by Crippen LogP contribution is 2.36. The molecular weight excluding hydrogens is 432 g/mol. The molecule has 2 N–H and O–H groups in total. The first-order valence-electron chi connectivity index (χ1n) is 11.4. The smallest absolute Gasteiger partial charge is 0.284 e. The van der Waals surface area contributed by atoms with Gasteiger partial charge >= 0.3 is 0 Å². The number of alkyl halides is 2. The van der Waals surface area contributed by atoms with Gasteiger partial charge in [-0.25, -0.2) is 18.3 Å². The van der Waals surface area contributed by atoms with Gasteiger partial charge in [0, 0.05) is 25.5 Å². The van der Waals surface area contributed by atoms with Crippen LogP contribution in [0.3, 0.4) is 0 Å². The summed E-state index contributed by atoms with van der Waals surface area (Å²) >= 11 is 0. The minimum absolute atomic E-state index is 0.00832. The van der Waals surface area contributed by atoms with Crippen molar-refractivity contribution in [2.75, 3.05) is 23.3 Å². The van der Waals surface area contributed by atoms with Gasteiger partial charge in [0.1, 0.15) is 11.4 Å². The second kappa shape index (κ2) is 8.69. The Bertz CT molecular complexity index is 1150. The number of anilines is 2. The van der Waals surface area contributed by atoms with Crippen LogP contribution < -0.4 is 10.2 Å². The van der Waals surface area contributed by atoms with E-state index in [1.54, 1.807) is 16.9 Å². The molecule has 0 aromatic carbocycles. The van der Waals surface area contributed by atoms with E-state index in [0.29, 0.717) is 30.5 Å². The Hall–Kier alpha value is -3.08. The molecule has 2 aliphatic rings. The highest BCUT2D eigenvalue weighted by atomic mass is 19.3. The Morgan fingerprint density at radius 1 is 1.27 bits per heavy atom. The molecule has 2 fully saturated rings. The molecule has 4 heterocycles. The highest BCUT2D eigenvalue weighted by molar-refractivity contribution is 6.08. The highest BCUT2D eigenvalue weighted by Gasteiger charge is 2.28. The fourth-order valence-electron chi connectivity index (χ4n) is 4.70. The molecule has 0 spiro atoms. The van der Waals surface area contributed by atoms with Crippen molar-refractivity contribution in [2.24, 2.45) is 5.92 Å². The summed E-state index contributed by atoms with van der Waals surface area (Å²) in [6.45, 7) is 3.11. The summed E-state index contributed by atoms with van der Waals surface area (Å²) in [5.74, 6) is 0.721. The van der Waals surface area contributed by atoms with E-state index in [-0.39, 0.29) is 17.3 Å². The molecule has 5 rings (SSSR count). The maximum atomic E-state index is 13.7. The van der Waals surface area contributed by atoms with Crippen molar-refractivity contribution in [1.82, 2.24) is 24.4 Å². The second-order valence-corrected chi connectivity index (χ2v) is 8.92. The van der Waals surface area contributed by atoms with Crippen LogP contribution in [-0.2, 0) is 0 Å². The summed E-state index contributed by atoms with van der Waals surface area (Å²) in [5.41, 5.74) is 0.0687. The predicted molar refractivity (Wildman–Crippen MR) is 118 cm³/mol. The number of nitrogens with one attached hydrogen (secondary N) is 1. The van der Waals surface area contributed by atoms with Crippen LogP contribution in [0.1, 0.15) is 67.5 Å². The van der Waals surface area contributed by atoms with Crippen molar-refractivity contribution in [3.63, 3.8) is 0 Å². The third kappa shape index (κ3) is 4.17. The normalized spacial score (nSPS) is 21.5. The van der Waals surface area contributed by atoms with Crippen LogP contribution in [0.15, 0.2) is 24.7 Å². The molecule has 3 aromatic rings. The minimum atomic E-state index is -2.81. The number of rotatable bonds is 6. The molecule has 1 saturated carbocycles. The van der Waals surface area contributed by atoms with Gasteiger partial charge < -0.3 is 15.3 Å². The van der Waals surface area contributed by atoms with E-state index in [2.05, 4.69) is 27.4 Å². The van der Waals surface area contributed by atoms with Gasteiger partial charge in [0.2, 0.25) is 0 Å². The van der Waals surface area contributed by atoms with Gasteiger partial charge in [-0.15, -0.1) is 0 Å². The SMILES string of the molecule is CC[C@H]1CC[C@H](n2cc(NC(=O)c3cnn4ccc(N5CC(O)C5)nc34)c(C(F)F)n2)CC1. The van der Waals surface area contributed by atoms with E-state index in [1.807, 2.05) is 4.90 Å². The number of carbonyl (C=O) groups excluding carboxylic acids is 1. The number of amides is 1. The number of aromatic nitrogens is 5. The zero-order valence-electron chi connectivity index (χ0n) is 18.4. The number of fused-ring (bicyclic) bond motifs is 1. The summed E-state index contributed by atoms with van der Waals surface area (Å²) in [7, 11) is 0. The summed E-state index contributed by atoms with van der Waals surface area (Å²) in [6, 6.07) is 1.81. The third-order valence-corrected chi connectivity index (χ3v) is 6.77. The Balaban J connectivity index is 1.37. The summed E-state index contributed by atoms with van der Waals surface area (Å²) in [4.78, 5) is 19.4. The van der Waals surface area contributed by atoms with Crippen molar-refractivity contribution in [3.05, 3.63) is 35.9 Å². The Kier molecular flexibility index (Phi) is 5.73. The van der Waals surface area contributed by atoms with Crippen LogP contribution >= 0.6 is 0 Å². The number of hydrogen-bond donors (Lipinski definition) is 2. The van der Waals surface area contributed by atoms with E-state index in [1.165, 1.54) is 16.9 Å². The maximum Gasteiger partial charge on any atom is 0.284 e. The van der Waals surface area contributed by atoms with E-state index >= 15 is 0 Å². The Morgan fingerprint density at radius 3 is 2.70 bits per heavy atom. The lowest BCUT2D eigenvalue weighted by molar-refractivity contribution is 0.102. The lowest BCUT2D eigenvalue weighted by Gasteiger charge is -2.36. The third-order valence-electron chi connectivity index (χ3n) is 6.77.